The van der Waals surface area contributed by atoms with Crippen LogP contribution in [0.5, 0.6) is 5.75 Å². The van der Waals surface area contributed by atoms with E-state index in [-0.39, 0.29) is 12.4 Å². The second-order valence-corrected chi connectivity index (χ2v) is 7.36. The molecule has 6 nitrogen and oxygen atoms in total. The second kappa shape index (κ2) is 7.54. The Morgan fingerprint density at radius 3 is 2.62 bits per heavy atom. The normalized spacial score (nSPS) is 11.2. The summed E-state index contributed by atoms with van der Waals surface area (Å²) in [5, 5.41) is 2.53. The highest BCUT2D eigenvalue weighted by Crippen LogP contribution is 2.35. The van der Waals surface area contributed by atoms with Gasteiger partial charge in [-0.05, 0) is 42.8 Å². The maximum atomic E-state index is 12.1. The standard InChI is InChI=1S/C21H17Cl2N3O3/c1-11-14(9-19(27)29-3)15-8-13(28-2)4-5-18(15)26(11)21-16-6-12(22)7-17(23)20(16)24-10-25-21/h4-8,10H,9H2,1-3H3. The highest BCUT2D eigenvalue weighted by Gasteiger charge is 2.21. The Labute approximate surface area is 177 Å². The predicted molar refractivity (Wildman–Crippen MR) is 113 cm³/mol. The first-order chi connectivity index (χ1) is 13.9. The molecule has 0 spiro atoms. The summed E-state index contributed by atoms with van der Waals surface area (Å²) in [4.78, 5) is 20.9. The molecule has 29 heavy (non-hydrogen) atoms. The molecule has 2 heterocycles. The van der Waals surface area contributed by atoms with Gasteiger partial charge in [0.25, 0.3) is 0 Å². The van der Waals surface area contributed by atoms with Gasteiger partial charge in [0.15, 0.2) is 0 Å². The first-order valence-corrected chi connectivity index (χ1v) is 9.55. The molecule has 0 amide bonds. The van der Waals surface area contributed by atoms with Gasteiger partial charge in [0, 0.05) is 21.5 Å². The minimum absolute atomic E-state index is 0.129. The number of carbonyl (C=O) groups excluding carboxylic acids is 1. The zero-order valence-corrected chi connectivity index (χ0v) is 17.5. The van der Waals surface area contributed by atoms with E-state index >= 15 is 0 Å². The first kappa shape index (κ1) is 19.5. The average molecular weight is 430 g/mol. The van der Waals surface area contributed by atoms with Crippen LogP contribution in [-0.4, -0.2) is 34.7 Å². The molecule has 8 heteroatoms. The van der Waals surface area contributed by atoms with Crippen molar-refractivity contribution >= 4 is 51.0 Å². The molecule has 0 N–H and O–H groups in total. The van der Waals surface area contributed by atoms with Crippen LogP contribution in [0.25, 0.3) is 27.6 Å². The number of nitrogens with zero attached hydrogens (tertiary/aromatic N) is 3. The molecule has 0 aliphatic rings. The van der Waals surface area contributed by atoms with Gasteiger partial charge in [-0.1, -0.05) is 23.2 Å². The topological polar surface area (TPSA) is 66.2 Å². The number of aromatic nitrogens is 3. The molecule has 0 saturated heterocycles. The van der Waals surface area contributed by atoms with Gasteiger partial charge < -0.3 is 9.47 Å². The van der Waals surface area contributed by atoms with Crippen LogP contribution in [0, 0.1) is 6.92 Å². The van der Waals surface area contributed by atoms with Gasteiger partial charge in [-0.15, -0.1) is 0 Å². The van der Waals surface area contributed by atoms with Crippen LogP contribution >= 0.6 is 23.2 Å². The van der Waals surface area contributed by atoms with E-state index in [2.05, 4.69) is 9.97 Å². The summed E-state index contributed by atoms with van der Waals surface area (Å²) in [6, 6.07) is 9.13. The van der Waals surface area contributed by atoms with Crippen molar-refractivity contribution < 1.29 is 14.3 Å². The minimum atomic E-state index is -0.325. The second-order valence-electron chi connectivity index (χ2n) is 6.52. The van der Waals surface area contributed by atoms with Crippen LogP contribution in [0.15, 0.2) is 36.7 Å². The number of fused-ring (bicyclic) bond motifs is 2. The minimum Gasteiger partial charge on any atom is -0.497 e. The number of halogens is 2. The lowest BCUT2D eigenvalue weighted by Gasteiger charge is -2.12. The summed E-state index contributed by atoms with van der Waals surface area (Å²) >= 11 is 12.6. The Morgan fingerprint density at radius 1 is 1.10 bits per heavy atom. The molecule has 2 aromatic carbocycles. The summed E-state index contributed by atoms with van der Waals surface area (Å²) in [6.45, 7) is 1.94. The summed E-state index contributed by atoms with van der Waals surface area (Å²) < 4.78 is 12.2. The number of esters is 1. The molecule has 0 radical (unpaired) electrons. The number of hydrogen-bond acceptors (Lipinski definition) is 5. The van der Waals surface area contributed by atoms with Crippen molar-refractivity contribution in [1.82, 2.24) is 14.5 Å². The Kier molecular flexibility index (Phi) is 5.06. The predicted octanol–water partition coefficient (Wildman–Crippen LogP) is 4.91. The third-order valence-corrected chi connectivity index (χ3v) is 5.44. The van der Waals surface area contributed by atoms with E-state index in [1.165, 1.54) is 13.4 Å². The lowest BCUT2D eigenvalue weighted by Crippen LogP contribution is -2.07. The Hall–Kier alpha value is -2.83. The SMILES string of the molecule is COC(=O)Cc1c(C)n(-c2ncnc3c(Cl)cc(Cl)cc23)c2ccc(OC)cc12. The smallest absolute Gasteiger partial charge is 0.310 e. The molecule has 0 aliphatic carbocycles. The molecule has 0 saturated carbocycles. The molecular weight excluding hydrogens is 413 g/mol. The van der Waals surface area contributed by atoms with E-state index in [0.717, 1.165) is 22.2 Å². The molecule has 4 aromatic rings. The number of benzene rings is 2. The monoisotopic (exact) mass is 429 g/mol. The number of rotatable bonds is 4. The molecule has 0 bridgehead atoms. The van der Waals surface area contributed by atoms with Crippen molar-refractivity contribution in [3.05, 3.63) is 58.0 Å². The highest BCUT2D eigenvalue weighted by atomic mass is 35.5. The molecule has 0 aliphatic heterocycles. The van der Waals surface area contributed by atoms with E-state index in [4.69, 9.17) is 32.7 Å². The molecule has 0 fully saturated rings. The molecule has 0 atom stereocenters. The van der Waals surface area contributed by atoms with E-state index in [1.807, 2.05) is 29.7 Å². The summed E-state index contributed by atoms with van der Waals surface area (Å²) in [6.07, 6.45) is 1.59. The molecule has 4 rings (SSSR count). The highest BCUT2D eigenvalue weighted by molar-refractivity contribution is 6.38. The number of methoxy groups -OCH3 is 2. The number of ether oxygens (including phenoxy) is 2. The fourth-order valence-corrected chi connectivity index (χ4v) is 4.10. The van der Waals surface area contributed by atoms with Crippen LogP contribution in [0.3, 0.4) is 0 Å². The lowest BCUT2D eigenvalue weighted by atomic mass is 10.1. The van der Waals surface area contributed by atoms with E-state index in [0.29, 0.717) is 32.5 Å². The summed E-state index contributed by atoms with van der Waals surface area (Å²) in [5.41, 5.74) is 3.17. The fourth-order valence-electron chi connectivity index (χ4n) is 3.56. The summed E-state index contributed by atoms with van der Waals surface area (Å²) in [5.74, 6) is 0.996. The van der Waals surface area contributed by atoms with E-state index in [1.54, 1.807) is 19.2 Å². The molecule has 2 aromatic heterocycles. The van der Waals surface area contributed by atoms with E-state index in [9.17, 15) is 4.79 Å². The van der Waals surface area contributed by atoms with Crippen molar-refractivity contribution in [2.45, 2.75) is 13.3 Å². The van der Waals surface area contributed by atoms with Crippen LogP contribution in [-0.2, 0) is 16.0 Å². The average Bonchev–Trinajstić information content (AvgIpc) is 2.98. The van der Waals surface area contributed by atoms with Gasteiger partial charge in [0.1, 0.15) is 17.9 Å². The van der Waals surface area contributed by atoms with Crippen LogP contribution < -0.4 is 4.74 Å². The van der Waals surface area contributed by atoms with Crippen molar-refractivity contribution in [2.24, 2.45) is 0 Å². The van der Waals surface area contributed by atoms with Gasteiger partial charge >= 0.3 is 5.97 Å². The first-order valence-electron chi connectivity index (χ1n) is 8.79. The molecule has 0 unspecified atom stereocenters. The Bertz CT molecular complexity index is 1270. The maximum Gasteiger partial charge on any atom is 0.310 e. The Morgan fingerprint density at radius 2 is 1.90 bits per heavy atom. The summed E-state index contributed by atoms with van der Waals surface area (Å²) in [7, 11) is 2.98. The quantitative estimate of drug-likeness (QED) is 0.431. The van der Waals surface area contributed by atoms with Gasteiger partial charge in [-0.25, -0.2) is 9.97 Å². The van der Waals surface area contributed by atoms with Gasteiger partial charge in [0.05, 0.1) is 36.7 Å². The zero-order valence-electron chi connectivity index (χ0n) is 16.0. The van der Waals surface area contributed by atoms with Gasteiger partial charge in [0.2, 0.25) is 0 Å². The third-order valence-electron chi connectivity index (χ3n) is 4.94. The number of hydrogen-bond donors (Lipinski definition) is 0. The van der Waals surface area contributed by atoms with Gasteiger partial charge in [-0.2, -0.15) is 0 Å². The van der Waals surface area contributed by atoms with Crippen molar-refractivity contribution in [1.29, 1.82) is 0 Å². The third kappa shape index (κ3) is 3.28. The zero-order chi connectivity index (χ0) is 20.7. The lowest BCUT2D eigenvalue weighted by molar-refractivity contribution is -0.139. The molecular formula is C21H17Cl2N3O3. The van der Waals surface area contributed by atoms with Gasteiger partial charge in [-0.3, -0.25) is 9.36 Å². The van der Waals surface area contributed by atoms with E-state index < -0.39 is 0 Å². The Balaban J connectivity index is 2.08. The van der Waals surface area contributed by atoms with Crippen LogP contribution in [0.2, 0.25) is 10.0 Å². The van der Waals surface area contributed by atoms with Crippen molar-refractivity contribution in [2.75, 3.05) is 14.2 Å². The van der Waals surface area contributed by atoms with Crippen molar-refractivity contribution in [3.63, 3.8) is 0 Å². The fraction of sp³-hybridized carbons (Fsp3) is 0.190. The number of carbonyl (C=O) groups is 1. The largest absolute Gasteiger partial charge is 0.497 e. The van der Waals surface area contributed by atoms with Crippen LogP contribution in [0.1, 0.15) is 11.3 Å². The molecule has 148 valence electrons. The maximum absolute atomic E-state index is 12.1. The van der Waals surface area contributed by atoms with Crippen LogP contribution in [0.4, 0.5) is 0 Å². The van der Waals surface area contributed by atoms with Crippen molar-refractivity contribution in [3.8, 4) is 11.6 Å².